The number of rotatable bonds is 2. The number of nitrogens with zero attached hydrogens (tertiary/aromatic N) is 1. The summed E-state index contributed by atoms with van der Waals surface area (Å²) in [6, 6.07) is 3.03. The molecule has 0 bridgehead atoms. The maximum Gasteiger partial charge on any atom is 0.251 e. The van der Waals surface area contributed by atoms with Crippen LogP contribution in [0.1, 0.15) is 24.2 Å². The van der Waals surface area contributed by atoms with Gasteiger partial charge in [0.2, 0.25) is 0 Å². The molecule has 76 valence electrons. The first kappa shape index (κ1) is 10.5. The lowest BCUT2D eigenvalue weighted by molar-refractivity contribution is 0.0943. The van der Waals surface area contributed by atoms with Gasteiger partial charge in [-0.3, -0.25) is 9.59 Å². The first-order chi connectivity index (χ1) is 6.50. The molecule has 0 aliphatic rings. The molecule has 0 unspecified atom stereocenters. The van der Waals surface area contributed by atoms with Crippen molar-refractivity contribution in [2.45, 2.75) is 19.9 Å². The zero-order valence-corrected chi connectivity index (χ0v) is 8.57. The molecule has 1 N–H and O–H groups in total. The van der Waals surface area contributed by atoms with Crippen LogP contribution < -0.4 is 10.9 Å². The molecule has 1 rings (SSSR count). The van der Waals surface area contributed by atoms with Gasteiger partial charge in [-0.25, -0.2) is 0 Å². The Kier molecular flexibility index (Phi) is 3.06. The van der Waals surface area contributed by atoms with Gasteiger partial charge in [0, 0.05) is 30.9 Å². The average molecular weight is 194 g/mol. The number of carbonyl (C=O) groups is 1. The summed E-state index contributed by atoms with van der Waals surface area (Å²) in [4.78, 5) is 22.7. The van der Waals surface area contributed by atoms with Gasteiger partial charge in [0.15, 0.2) is 0 Å². The van der Waals surface area contributed by atoms with Crippen LogP contribution in [0.4, 0.5) is 0 Å². The normalized spacial score (nSPS) is 10.3. The van der Waals surface area contributed by atoms with Gasteiger partial charge < -0.3 is 9.88 Å². The van der Waals surface area contributed by atoms with E-state index in [9.17, 15) is 9.59 Å². The Bertz CT molecular complexity index is 393. The Hall–Kier alpha value is -1.58. The van der Waals surface area contributed by atoms with E-state index in [0.717, 1.165) is 0 Å². The van der Waals surface area contributed by atoms with E-state index >= 15 is 0 Å². The van der Waals surface area contributed by atoms with Crippen LogP contribution in [-0.4, -0.2) is 16.5 Å². The number of hydrogen-bond donors (Lipinski definition) is 1. The Balaban J connectivity index is 2.92. The molecule has 4 nitrogen and oxygen atoms in total. The highest BCUT2D eigenvalue weighted by Crippen LogP contribution is 1.94. The molecule has 0 fully saturated rings. The highest BCUT2D eigenvalue weighted by molar-refractivity contribution is 5.94. The molecule has 0 aromatic carbocycles. The van der Waals surface area contributed by atoms with Crippen LogP contribution in [0.25, 0.3) is 0 Å². The second-order valence-electron chi connectivity index (χ2n) is 3.49. The lowest BCUT2D eigenvalue weighted by Gasteiger charge is -2.08. The minimum atomic E-state index is -0.210. The van der Waals surface area contributed by atoms with Crippen molar-refractivity contribution in [2.75, 3.05) is 0 Å². The van der Waals surface area contributed by atoms with Gasteiger partial charge in [-0.15, -0.1) is 0 Å². The van der Waals surface area contributed by atoms with Gasteiger partial charge in [0.05, 0.1) is 0 Å². The third-order valence-electron chi connectivity index (χ3n) is 1.79. The molecule has 0 atom stereocenters. The fraction of sp³-hybridized carbons (Fsp3) is 0.400. The molecule has 4 heteroatoms. The summed E-state index contributed by atoms with van der Waals surface area (Å²) in [6.07, 6.45) is 1.58. The second kappa shape index (κ2) is 4.09. The van der Waals surface area contributed by atoms with E-state index in [4.69, 9.17) is 0 Å². The van der Waals surface area contributed by atoms with Crippen LogP contribution in [0.15, 0.2) is 23.1 Å². The Labute approximate surface area is 82.6 Å². The van der Waals surface area contributed by atoms with Crippen molar-refractivity contribution in [3.05, 3.63) is 34.2 Å². The van der Waals surface area contributed by atoms with Gasteiger partial charge in [-0.05, 0) is 19.9 Å². The summed E-state index contributed by atoms with van der Waals surface area (Å²) in [6.45, 7) is 3.75. The highest BCUT2D eigenvalue weighted by atomic mass is 16.2. The number of amides is 1. The lowest BCUT2D eigenvalue weighted by Crippen LogP contribution is -2.31. The van der Waals surface area contributed by atoms with E-state index in [2.05, 4.69) is 5.32 Å². The van der Waals surface area contributed by atoms with E-state index < -0.39 is 0 Å². The molecule has 14 heavy (non-hydrogen) atoms. The molecule has 0 aliphatic carbocycles. The first-order valence-corrected chi connectivity index (χ1v) is 4.48. The minimum absolute atomic E-state index is 0.0755. The molecular weight excluding hydrogens is 180 g/mol. The molecule has 0 spiro atoms. The van der Waals surface area contributed by atoms with Crippen molar-refractivity contribution in [3.8, 4) is 0 Å². The predicted octanol–water partition coefficient (Wildman–Crippen LogP) is 0.524. The molecule has 1 aromatic heterocycles. The molecule has 1 heterocycles. The maximum atomic E-state index is 11.5. The van der Waals surface area contributed by atoms with Gasteiger partial charge in [-0.1, -0.05) is 0 Å². The summed E-state index contributed by atoms with van der Waals surface area (Å²) < 4.78 is 1.42. The van der Waals surface area contributed by atoms with E-state index in [-0.39, 0.29) is 17.5 Å². The topological polar surface area (TPSA) is 51.1 Å². The molecular formula is C10H14N2O2. The number of pyridine rings is 1. The van der Waals surface area contributed by atoms with Crippen LogP contribution in [0, 0.1) is 0 Å². The molecule has 1 aromatic rings. The highest BCUT2D eigenvalue weighted by Gasteiger charge is 2.07. The summed E-state index contributed by atoms with van der Waals surface area (Å²) in [5.74, 6) is -0.210. The summed E-state index contributed by atoms with van der Waals surface area (Å²) in [5.41, 5.74) is 0.225. The second-order valence-corrected chi connectivity index (χ2v) is 3.49. The Morgan fingerprint density at radius 3 is 2.64 bits per heavy atom. The molecule has 0 saturated heterocycles. The Morgan fingerprint density at radius 1 is 1.50 bits per heavy atom. The zero-order valence-electron chi connectivity index (χ0n) is 8.57. The van der Waals surface area contributed by atoms with Gasteiger partial charge in [-0.2, -0.15) is 0 Å². The molecule has 0 aliphatic heterocycles. The fourth-order valence-corrected chi connectivity index (χ4v) is 1.04. The van der Waals surface area contributed by atoms with Crippen LogP contribution in [0.2, 0.25) is 0 Å². The molecule has 0 radical (unpaired) electrons. The SMILES string of the molecule is CC(C)NC(=O)c1ccn(C)c(=O)c1. The monoisotopic (exact) mass is 194 g/mol. The van der Waals surface area contributed by atoms with Gasteiger partial charge >= 0.3 is 0 Å². The van der Waals surface area contributed by atoms with Gasteiger partial charge in [0.1, 0.15) is 0 Å². The quantitative estimate of drug-likeness (QED) is 0.746. The smallest absolute Gasteiger partial charge is 0.251 e. The van der Waals surface area contributed by atoms with E-state index in [1.165, 1.54) is 10.6 Å². The van der Waals surface area contributed by atoms with Crippen molar-refractivity contribution in [3.63, 3.8) is 0 Å². The number of hydrogen-bond acceptors (Lipinski definition) is 2. The van der Waals surface area contributed by atoms with Crippen molar-refractivity contribution in [2.24, 2.45) is 7.05 Å². The fourth-order valence-electron chi connectivity index (χ4n) is 1.04. The number of nitrogens with one attached hydrogen (secondary N) is 1. The van der Waals surface area contributed by atoms with Gasteiger partial charge in [0.25, 0.3) is 11.5 Å². The number of aryl methyl sites for hydroxylation is 1. The van der Waals surface area contributed by atoms with Crippen LogP contribution in [0.5, 0.6) is 0 Å². The molecule has 1 amide bonds. The molecule has 0 saturated carbocycles. The minimum Gasteiger partial charge on any atom is -0.350 e. The zero-order chi connectivity index (χ0) is 10.7. The maximum absolute atomic E-state index is 11.5. The van der Waals surface area contributed by atoms with E-state index in [1.54, 1.807) is 19.3 Å². The summed E-state index contributed by atoms with van der Waals surface area (Å²) in [7, 11) is 1.65. The van der Waals surface area contributed by atoms with Crippen LogP contribution >= 0.6 is 0 Å². The van der Waals surface area contributed by atoms with Crippen molar-refractivity contribution >= 4 is 5.91 Å². The van der Waals surface area contributed by atoms with Crippen LogP contribution in [-0.2, 0) is 7.05 Å². The largest absolute Gasteiger partial charge is 0.350 e. The summed E-state index contributed by atoms with van der Waals surface area (Å²) in [5, 5.41) is 2.72. The standard InChI is InChI=1S/C10H14N2O2/c1-7(2)11-10(14)8-4-5-12(3)9(13)6-8/h4-7H,1-3H3,(H,11,14). The number of aromatic nitrogens is 1. The third kappa shape index (κ3) is 2.45. The van der Waals surface area contributed by atoms with Crippen molar-refractivity contribution < 1.29 is 4.79 Å². The lowest BCUT2D eigenvalue weighted by atomic mass is 10.2. The van der Waals surface area contributed by atoms with Crippen molar-refractivity contribution in [1.29, 1.82) is 0 Å². The van der Waals surface area contributed by atoms with Crippen molar-refractivity contribution in [1.82, 2.24) is 9.88 Å². The van der Waals surface area contributed by atoms with Crippen LogP contribution in [0.3, 0.4) is 0 Å². The van der Waals surface area contributed by atoms with E-state index in [0.29, 0.717) is 5.56 Å². The third-order valence-corrected chi connectivity index (χ3v) is 1.79. The summed E-state index contributed by atoms with van der Waals surface area (Å²) >= 11 is 0. The van der Waals surface area contributed by atoms with E-state index in [1.807, 2.05) is 13.8 Å². The number of carbonyl (C=O) groups excluding carboxylic acids is 1. The average Bonchev–Trinajstić information content (AvgIpc) is 2.08. The Morgan fingerprint density at radius 2 is 2.14 bits per heavy atom. The predicted molar refractivity (Wildman–Crippen MR) is 54.3 cm³/mol. The first-order valence-electron chi connectivity index (χ1n) is 4.48.